The lowest BCUT2D eigenvalue weighted by atomic mass is 10.4. The molecule has 0 aliphatic heterocycles. The van der Waals surface area contributed by atoms with Crippen molar-refractivity contribution in [3.8, 4) is 0 Å². The maximum Gasteiger partial charge on any atom is 0.356 e. The van der Waals surface area contributed by atoms with Gasteiger partial charge in [-0.15, -0.1) is 0 Å². The summed E-state index contributed by atoms with van der Waals surface area (Å²) >= 11 is 0. The second-order valence-electron chi connectivity index (χ2n) is 2.03. The van der Waals surface area contributed by atoms with Gasteiger partial charge in [0.2, 0.25) is 0 Å². The van der Waals surface area contributed by atoms with Crippen LogP contribution in [0.4, 0.5) is 0 Å². The van der Waals surface area contributed by atoms with Gasteiger partial charge >= 0.3 is 5.97 Å². The summed E-state index contributed by atoms with van der Waals surface area (Å²) in [6, 6.07) is 0. The molecule has 4 heteroatoms. The molecule has 4 nitrogen and oxygen atoms in total. The van der Waals surface area contributed by atoms with Crippen LogP contribution < -0.4 is 0 Å². The zero-order valence-corrected chi connectivity index (χ0v) is 9.33. The maximum atomic E-state index is 10.8. The minimum absolute atomic E-state index is 0.132. The summed E-state index contributed by atoms with van der Waals surface area (Å²) in [7, 11) is 1.26. The normalized spacial score (nSPS) is 10.5. The van der Waals surface area contributed by atoms with Gasteiger partial charge in [-0.3, -0.25) is 4.79 Å². The maximum absolute atomic E-state index is 10.8. The lowest BCUT2D eigenvalue weighted by molar-refractivity contribution is -0.136. The molecule has 0 bridgehead atoms. The Balaban J connectivity index is 0. The molecule has 0 radical (unpaired) electrons. The number of methoxy groups -OCH3 is 1. The fourth-order valence-electron chi connectivity index (χ4n) is 0.510. The van der Waals surface area contributed by atoms with E-state index in [4.69, 9.17) is 0 Å². The predicted octanol–water partition coefficient (Wildman–Crippen LogP) is 1.75. The van der Waals surface area contributed by atoms with E-state index in [9.17, 15) is 9.59 Å². The zero-order valence-electron chi connectivity index (χ0n) is 9.33. The van der Waals surface area contributed by atoms with Crippen molar-refractivity contribution in [3.05, 3.63) is 11.8 Å². The smallest absolute Gasteiger partial charge is 0.356 e. The Labute approximate surface area is 84.7 Å². The molecule has 0 amide bonds. The van der Waals surface area contributed by atoms with Crippen LogP contribution in [-0.2, 0) is 14.3 Å². The summed E-state index contributed by atoms with van der Waals surface area (Å²) in [5.74, 6) is -0.756. The van der Waals surface area contributed by atoms with Crippen LogP contribution in [0.2, 0.25) is 0 Å². The fraction of sp³-hybridized carbons (Fsp3) is 0.500. The number of rotatable bonds is 3. The molecule has 0 aliphatic carbocycles. The number of carbonyl (C=O) groups excluding carboxylic acids is 2. The second kappa shape index (κ2) is 9.64. The quantitative estimate of drug-likeness (QED) is 0.395. The van der Waals surface area contributed by atoms with Gasteiger partial charge in [-0.1, -0.05) is 19.9 Å². The van der Waals surface area contributed by atoms with E-state index in [1.807, 2.05) is 13.8 Å². The Morgan fingerprint density at radius 1 is 1.29 bits per heavy atom. The zero-order chi connectivity index (χ0) is 11.6. The van der Waals surface area contributed by atoms with Gasteiger partial charge in [-0.05, 0) is 6.92 Å². The first-order valence-corrected chi connectivity index (χ1v) is 4.41. The van der Waals surface area contributed by atoms with E-state index in [2.05, 4.69) is 9.73 Å². The van der Waals surface area contributed by atoms with Crippen LogP contribution in [0.3, 0.4) is 0 Å². The van der Waals surface area contributed by atoms with E-state index in [-0.39, 0.29) is 11.5 Å². The van der Waals surface area contributed by atoms with Gasteiger partial charge in [0.25, 0.3) is 0 Å². The molecule has 14 heavy (non-hydrogen) atoms. The summed E-state index contributed by atoms with van der Waals surface area (Å²) in [5, 5.41) is 0. The summed E-state index contributed by atoms with van der Waals surface area (Å²) < 4.78 is 4.40. The highest BCUT2D eigenvalue weighted by Gasteiger charge is 2.04. The van der Waals surface area contributed by atoms with Crippen molar-refractivity contribution >= 4 is 18.0 Å². The van der Waals surface area contributed by atoms with Crippen molar-refractivity contribution in [2.24, 2.45) is 4.99 Å². The number of aliphatic imine (C=N–C) groups is 1. The monoisotopic (exact) mass is 199 g/mol. The molecule has 0 aliphatic rings. The van der Waals surface area contributed by atoms with Gasteiger partial charge in [-0.25, -0.2) is 9.79 Å². The van der Waals surface area contributed by atoms with Crippen LogP contribution in [0.5, 0.6) is 0 Å². The molecular weight excluding hydrogens is 182 g/mol. The summed E-state index contributed by atoms with van der Waals surface area (Å²) in [6.45, 7) is 7.00. The van der Waals surface area contributed by atoms with E-state index in [0.29, 0.717) is 0 Å². The number of Topliss-reactive ketones (excluding diaryl/α,β-unsaturated/α-hetero) is 1. The fourth-order valence-corrected chi connectivity index (χ4v) is 0.510. The number of hydrogen-bond donors (Lipinski definition) is 0. The molecular formula is C10H17NO3. The average Bonchev–Trinajstić information content (AvgIpc) is 2.21. The molecule has 0 aromatic rings. The lowest BCUT2D eigenvalue weighted by Crippen LogP contribution is -2.03. The molecule has 0 saturated carbocycles. The van der Waals surface area contributed by atoms with Crippen LogP contribution in [0.25, 0.3) is 0 Å². The third-order valence-electron chi connectivity index (χ3n) is 1.05. The summed E-state index contributed by atoms with van der Waals surface area (Å²) in [5.41, 5.74) is 0.132. The Bertz CT molecular complexity index is 242. The number of ether oxygens (including phenoxy) is 1. The van der Waals surface area contributed by atoms with Gasteiger partial charge in [0.1, 0.15) is 5.70 Å². The van der Waals surface area contributed by atoms with Crippen molar-refractivity contribution in [2.75, 3.05) is 7.11 Å². The Morgan fingerprint density at radius 3 is 2.07 bits per heavy atom. The van der Waals surface area contributed by atoms with E-state index >= 15 is 0 Å². The van der Waals surface area contributed by atoms with Crippen LogP contribution in [0, 0.1) is 0 Å². The number of nitrogens with zero attached hydrogens (tertiary/aromatic N) is 1. The van der Waals surface area contributed by atoms with Crippen LogP contribution >= 0.6 is 0 Å². The Morgan fingerprint density at radius 2 is 1.79 bits per heavy atom. The molecule has 80 valence electrons. The minimum atomic E-state index is -0.546. The predicted molar refractivity (Wildman–Crippen MR) is 56.3 cm³/mol. The van der Waals surface area contributed by atoms with Crippen molar-refractivity contribution in [3.63, 3.8) is 0 Å². The highest BCUT2D eigenvalue weighted by Crippen LogP contribution is 1.97. The summed E-state index contributed by atoms with van der Waals surface area (Å²) in [6.07, 6.45) is 2.55. The third kappa shape index (κ3) is 7.21. The van der Waals surface area contributed by atoms with E-state index in [1.165, 1.54) is 20.1 Å². The second-order valence-corrected chi connectivity index (χ2v) is 2.03. The SMILES string of the molecule is C/C=C(\N=CC(C)=O)C(=O)OC.CC. The minimum Gasteiger partial charge on any atom is -0.464 e. The van der Waals surface area contributed by atoms with Crippen molar-refractivity contribution in [1.29, 1.82) is 0 Å². The lowest BCUT2D eigenvalue weighted by Gasteiger charge is -1.96. The van der Waals surface area contributed by atoms with Gasteiger partial charge in [0.15, 0.2) is 5.78 Å². The van der Waals surface area contributed by atoms with Gasteiger partial charge < -0.3 is 4.74 Å². The van der Waals surface area contributed by atoms with Crippen LogP contribution in [-0.4, -0.2) is 25.1 Å². The first-order chi connectivity index (χ1) is 6.61. The van der Waals surface area contributed by atoms with Crippen molar-refractivity contribution in [2.45, 2.75) is 27.7 Å². The highest BCUT2D eigenvalue weighted by molar-refractivity contribution is 6.26. The molecule has 0 heterocycles. The largest absolute Gasteiger partial charge is 0.464 e. The van der Waals surface area contributed by atoms with E-state index in [1.54, 1.807) is 6.92 Å². The molecule has 0 aromatic heterocycles. The number of carbonyl (C=O) groups is 2. The highest BCUT2D eigenvalue weighted by atomic mass is 16.5. The number of allylic oxidation sites excluding steroid dienone is 1. The van der Waals surface area contributed by atoms with Crippen LogP contribution in [0.15, 0.2) is 16.8 Å². The Hall–Kier alpha value is -1.45. The molecule has 0 fully saturated rings. The number of hydrogen-bond acceptors (Lipinski definition) is 4. The molecule has 0 spiro atoms. The van der Waals surface area contributed by atoms with Crippen molar-refractivity contribution < 1.29 is 14.3 Å². The molecule has 0 N–H and O–H groups in total. The molecule has 0 unspecified atom stereocenters. The van der Waals surface area contributed by atoms with Crippen molar-refractivity contribution in [1.82, 2.24) is 0 Å². The summed E-state index contributed by atoms with van der Waals surface area (Å²) in [4.78, 5) is 24.9. The van der Waals surface area contributed by atoms with Gasteiger partial charge in [0.05, 0.1) is 13.3 Å². The standard InChI is InChI=1S/C8H11NO3.C2H6/c1-4-7(8(11)12-3)9-5-6(2)10;1-2/h4-5H,1-3H3;1-2H3/b7-4-,9-5?;. The Kier molecular flexibility index (Phi) is 10.4. The number of esters is 1. The van der Waals surface area contributed by atoms with E-state index < -0.39 is 5.97 Å². The topological polar surface area (TPSA) is 55.7 Å². The third-order valence-corrected chi connectivity index (χ3v) is 1.05. The molecule has 0 atom stereocenters. The number of ketones is 1. The molecule has 0 rings (SSSR count). The first kappa shape index (κ1) is 15.0. The van der Waals surface area contributed by atoms with Gasteiger partial charge in [0, 0.05) is 6.92 Å². The van der Waals surface area contributed by atoms with E-state index in [0.717, 1.165) is 6.21 Å². The molecule has 0 saturated heterocycles. The van der Waals surface area contributed by atoms with Gasteiger partial charge in [-0.2, -0.15) is 0 Å². The molecule has 0 aromatic carbocycles. The van der Waals surface area contributed by atoms with Crippen LogP contribution in [0.1, 0.15) is 27.7 Å². The average molecular weight is 199 g/mol. The first-order valence-electron chi connectivity index (χ1n) is 4.41.